The van der Waals surface area contributed by atoms with Gasteiger partial charge in [0.2, 0.25) is 0 Å². The fraction of sp³-hybridized carbons (Fsp3) is 0.250. The van der Waals surface area contributed by atoms with E-state index >= 15 is 0 Å². The Kier molecular flexibility index (Phi) is 8.23. The van der Waals surface area contributed by atoms with Crippen molar-refractivity contribution in [3.63, 3.8) is 0 Å². The molecule has 1 atom stereocenters. The fourth-order valence-corrected chi connectivity index (χ4v) is 3.44. The maximum Gasteiger partial charge on any atom is 0.333 e. The second-order valence-corrected chi connectivity index (χ2v) is 7.79. The number of rotatable bonds is 10. The molecule has 0 fully saturated rings. The first-order chi connectivity index (χ1) is 15.5. The van der Waals surface area contributed by atoms with E-state index in [1.54, 1.807) is 6.92 Å². The monoisotopic (exact) mass is 430 g/mol. The Labute approximate surface area is 190 Å². The number of ether oxygens (including phenoxy) is 2. The second-order valence-electron chi connectivity index (χ2n) is 7.79. The summed E-state index contributed by atoms with van der Waals surface area (Å²) in [5, 5.41) is 9.25. The lowest BCUT2D eigenvalue weighted by Crippen LogP contribution is -2.26. The average Bonchev–Trinajstić information content (AvgIpc) is 2.79. The highest BCUT2D eigenvalue weighted by Gasteiger charge is 2.17. The number of aliphatic carboxylic acids is 1. The third-order valence-corrected chi connectivity index (χ3v) is 5.25. The minimum Gasteiger partial charge on any atom is -0.490 e. The first-order valence-electron chi connectivity index (χ1n) is 10.9. The molecule has 0 amide bonds. The van der Waals surface area contributed by atoms with E-state index in [-0.39, 0.29) is 0 Å². The number of hydrogen-bond acceptors (Lipinski definition) is 3. The summed E-state index contributed by atoms with van der Waals surface area (Å²) >= 11 is 0. The molecule has 4 nitrogen and oxygen atoms in total. The molecule has 0 radical (unpaired) electrons. The largest absolute Gasteiger partial charge is 0.490 e. The molecule has 4 heteroatoms. The van der Waals surface area contributed by atoms with Crippen LogP contribution in [0.5, 0.6) is 5.75 Å². The quantitative estimate of drug-likeness (QED) is 0.439. The molecule has 32 heavy (non-hydrogen) atoms. The van der Waals surface area contributed by atoms with E-state index in [1.807, 2.05) is 24.3 Å². The van der Waals surface area contributed by atoms with Gasteiger partial charge >= 0.3 is 5.97 Å². The van der Waals surface area contributed by atoms with Crippen LogP contribution >= 0.6 is 0 Å². The van der Waals surface area contributed by atoms with Gasteiger partial charge in [0.15, 0.2) is 6.10 Å². The van der Waals surface area contributed by atoms with Gasteiger partial charge in [-0.05, 0) is 61.2 Å². The molecule has 0 aliphatic heterocycles. The van der Waals surface area contributed by atoms with Gasteiger partial charge in [-0.3, -0.25) is 0 Å². The van der Waals surface area contributed by atoms with Crippen LogP contribution in [0.2, 0.25) is 0 Å². The SMILES string of the molecule is CCO[C@@H](Cc1ccc(OCC=C(c2ccc(C)cc2)c2ccc(C)cc2)cc1)C(=O)O. The average molecular weight is 431 g/mol. The van der Waals surface area contributed by atoms with Gasteiger partial charge in [0, 0.05) is 13.0 Å². The first-order valence-corrected chi connectivity index (χ1v) is 10.9. The zero-order valence-electron chi connectivity index (χ0n) is 18.9. The molecule has 166 valence electrons. The number of benzene rings is 3. The molecule has 0 spiro atoms. The standard InChI is InChI=1S/C28H30O4/c1-4-31-27(28(29)30)19-22-9-15-25(16-10-22)32-18-17-26(23-11-5-20(2)6-12-23)24-13-7-21(3)8-14-24/h5-17,27H,4,18-19H2,1-3H3,(H,29,30)/t27-/m0/s1. The molecular formula is C28H30O4. The van der Waals surface area contributed by atoms with Gasteiger partial charge in [-0.25, -0.2) is 4.79 Å². The van der Waals surface area contributed by atoms with Gasteiger partial charge in [-0.1, -0.05) is 71.8 Å². The van der Waals surface area contributed by atoms with E-state index in [0.29, 0.717) is 19.6 Å². The Morgan fingerprint density at radius 3 is 1.88 bits per heavy atom. The van der Waals surface area contributed by atoms with Crippen molar-refractivity contribution < 1.29 is 19.4 Å². The number of hydrogen-bond donors (Lipinski definition) is 1. The molecule has 0 saturated carbocycles. The first kappa shape index (κ1) is 23.3. The predicted molar refractivity (Wildman–Crippen MR) is 128 cm³/mol. The van der Waals surface area contributed by atoms with Gasteiger partial charge in [-0.2, -0.15) is 0 Å². The van der Waals surface area contributed by atoms with E-state index in [0.717, 1.165) is 28.0 Å². The maximum atomic E-state index is 11.3. The van der Waals surface area contributed by atoms with E-state index < -0.39 is 12.1 Å². The van der Waals surface area contributed by atoms with E-state index in [4.69, 9.17) is 9.47 Å². The minimum absolute atomic E-state index is 0.328. The zero-order chi connectivity index (χ0) is 22.9. The van der Waals surface area contributed by atoms with Crippen molar-refractivity contribution in [1.29, 1.82) is 0 Å². The fourth-order valence-electron chi connectivity index (χ4n) is 3.44. The molecule has 1 N–H and O–H groups in total. The highest BCUT2D eigenvalue weighted by Crippen LogP contribution is 2.24. The lowest BCUT2D eigenvalue weighted by atomic mass is 9.96. The van der Waals surface area contributed by atoms with Crippen LogP contribution in [-0.2, 0) is 16.0 Å². The van der Waals surface area contributed by atoms with Crippen molar-refractivity contribution in [2.75, 3.05) is 13.2 Å². The summed E-state index contributed by atoms with van der Waals surface area (Å²) in [7, 11) is 0. The molecular weight excluding hydrogens is 400 g/mol. The zero-order valence-corrected chi connectivity index (χ0v) is 18.9. The third-order valence-electron chi connectivity index (χ3n) is 5.25. The summed E-state index contributed by atoms with van der Waals surface area (Å²) in [4.78, 5) is 11.3. The molecule has 0 aliphatic rings. The summed E-state index contributed by atoms with van der Waals surface area (Å²) in [6.45, 7) is 6.75. The summed E-state index contributed by atoms with van der Waals surface area (Å²) < 4.78 is 11.2. The summed E-state index contributed by atoms with van der Waals surface area (Å²) in [6.07, 6.45) is 1.59. The number of carbonyl (C=O) groups is 1. The van der Waals surface area contributed by atoms with Crippen LogP contribution in [0.15, 0.2) is 78.9 Å². The van der Waals surface area contributed by atoms with Crippen molar-refractivity contribution in [2.24, 2.45) is 0 Å². The molecule has 0 bridgehead atoms. The summed E-state index contributed by atoms with van der Waals surface area (Å²) in [5.41, 5.74) is 6.77. The van der Waals surface area contributed by atoms with Crippen molar-refractivity contribution in [3.05, 3.63) is 107 Å². The number of aryl methyl sites for hydroxylation is 2. The molecule has 3 aromatic carbocycles. The highest BCUT2D eigenvalue weighted by molar-refractivity contribution is 5.80. The number of carboxylic acid groups (broad SMARTS) is 1. The van der Waals surface area contributed by atoms with Crippen LogP contribution < -0.4 is 4.74 Å². The Balaban J connectivity index is 1.71. The van der Waals surface area contributed by atoms with Crippen LogP contribution in [0.3, 0.4) is 0 Å². The van der Waals surface area contributed by atoms with Crippen molar-refractivity contribution in [2.45, 2.75) is 33.3 Å². The second kappa shape index (κ2) is 11.3. The van der Waals surface area contributed by atoms with E-state index in [9.17, 15) is 9.90 Å². The smallest absolute Gasteiger partial charge is 0.333 e. The van der Waals surface area contributed by atoms with Crippen molar-refractivity contribution in [1.82, 2.24) is 0 Å². The maximum absolute atomic E-state index is 11.3. The molecule has 0 saturated heterocycles. The lowest BCUT2D eigenvalue weighted by molar-refractivity contribution is -0.149. The molecule has 3 rings (SSSR count). The number of carboxylic acids is 1. The van der Waals surface area contributed by atoms with Crippen LogP contribution in [0, 0.1) is 13.8 Å². The van der Waals surface area contributed by atoms with Crippen LogP contribution in [0.1, 0.15) is 34.7 Å². The van der Waals surface area contributed by atoms with Crippen molar-refractivity contribution in [3.8, 4) is 5.75 Å². The van der Waals surface area contributed by atoms with Crippen molar-refractivity contribution >= 4 is 11.5 Å². The molecule has 0 aromatic heterocycles. The molecule has 0 unspecified atom stereocenters. The van der Waals surface area contributed by atoms with Crippen LogP contribution in [0.4, 0.5) is 0 Å². The predicted octanol–water partition coefficient (Wildman–Crippen LogP) is 5.85. The Bertz CT molecular complexity index is 985. The normalized spacial score (nSPS) is 11.6. The highest BCUT2D eigenvalue weighted by atomic mass is 16.5. The third kappa shape index (κ3) is 6.56. The van der Waals surface area contributed by atoms with Gasteiger partial charge in [0.25, 0.3) is 0 Å². The van der Waals surface area contributed by atoms with Crippen LogP contribution in [0.25, 0.3) is 5.57 Å². The summed E-state index contributed by atoms with van der Waals surface area (Å²) in [6, 6.07) is 24.5. The summed E-state index contributed by atoms with van der Waals surface area (Å²) in [5.74, 6) is -0.211. The Morgan fingerprint density at radius 2 is 1.41 bits per heavy atom. The Hall–Kier alpha value is -3.37. The van der Waals surface area contributed by atoms with Gasteiger partial charge < -0.3 is 14.6 Å². The van der Waals surface area contributed by atoms with E-state index in [2.05, 4.69) is 68.5 Å². The van der Waals surface area contributed by atoms with Gasteiger partial charge in [-0.15, -0.1) is 0 Å². The van der Waals surface area contributed by atoms with E-state index in [1.165, 1.54) is 11.1 Å². The lowest BCUT2D eigenvalue weighted by Gasteiger charge is -2.13. The molecule has 0 aliphatic carbocycles. The Morgan fingerprint density at radius 1 is 0.875 bits per heavy atom. The minimum atomic E-state index is -0.947. The molecule has 0 heterocycles. The molecule has 3 aromatic rings. The van der Waals surface area contributed by atoms with Gasteiger partial charge in [0.05, 0.1) is 0 Å². The topological polar surface area (TPSA) is 55.8 Å². The van der Waals surface area contributed by atoms with Crippen LogP contribution in [-0.4, -0.2) is 30.4 Å². The van der Waals surface area contributed by atoms with Gasteiger partial charge in [0.1, 0.15) is 12.4 Å².